The van der Waals surface area contributed by atoms with Crippen LogP contribution in [-0.4, -0.2) is 40.9 Å². The summed E-state index contributed by atoms with van der Waals surface area (Å²) in [5.74, 6) is 0. The number of halogens is 1. The Morgan fingerprint density at radius 3 is 2.28 bits per heavy atom. The van der Waals surface area contributed by atoms with Gasteiger partial charge >= 0.3 is 6.09 Å². The van der Waals surface area contributed by atoms with Crippen molar-refractivity contribution in [3.8, 4) is 0 Å². The lowest BCUT2D eigenvalue weighted by Crippen LogP contribution is -2.40. The van der Waals surface area contributed by atoms with Crippen molar-refractivity contribution in [2.24, 2.45) is 0 Å². The smallest absolute Gasteiger partial charge is 0.410 e. The lowest BCUT2D eigenvalue weighted by Gasteiger charge is -2.31. The number of hydrogen-bond acceptors (Lipinski definition) is 3. The molecule has 0 aromatic heterocycles. The van der Waals surface area contributed by atoms with Crippen LogP contribution in [0.2, 0.25) is 0 Å². The van der Waals surface area contributed by atoms with Gasteiger partial charge in [0, 0.05) is 18.1 Å². The zero-order valence-corrected chi connectivity index (χ0v) is 12.3. The summed E-state index contributed by atoms with van der Waals surface area (Å²) in [4.78, 5) is 13.5. The maximum atomic E-state index is 11.8. The van der Waals surface area contributed by atoms with Crippen molar-refractivity contribution in [1.29, 1.82) is 0 Å². The van der Waals surface area contributed by atoms with Gasteiger partial charge in [0.1, 0.15) is 5.60 Å². The van der Waals surface area contributed by atoms with Crippen molar-refractivity contribution in [3.05, 3.63) is 10.6 Å². The summed E-state index contributed by atoms with van der Waals surface area (Å²) in [6.45, 7) is 8.38. The van der Waals surface area contributed by atoms with Crippen molar-refractivity contribution in [1.82, 2.24) is 4.90 Å². The van der Waals surface area contributed by atoms with E-state index in [0.717, 1.165) is 5.57 Å². The fourth-order valence-electron chi connectivity index (χ4n) is 1.82. The molecular weight excluding hydrogens is 254 g/mol. The zero-order valence-electron chi connectivity index (χ0n) is 11.5. The lowest BCUT2D eigenvalue weighted by atomic mass is 10.0. The molecule has 5 heteroatoms. The predicted molar refractivity (Wildman–Crippen MR) is 71.6 cm³/mol. The Kier molecular flexibility index (Phi) is 5.05. The van der Waals surface area contributed by atoms with Crippen LogP contribution < -0.4 is 0 Å². The third-order valence-corrected chi connectivity index (χ3v) is 3.31. The number of aliphatic hydroxyl groups is 1. The summed E-state index contributed by atoms with van der Waals surface area (Å²) in [5, 5.41) is 9.92. The predicted octanol–water partition coefficient (Wildman–Crippen LogP) is 2.89. The molecule has 0 radical (unpaired) electrons. The zero-order chi connectivity index (χ0) is 13.9. The van der Waals surface area contributed by atoms with E-state index in [1.807, 2.05) is 20.8 Å². The van der Waals surface area contributed by atoms with Gasteiger partial charge in [0.15, 0.2) is 0 Å². The molecule has 0 aromatic carbocycles. The quantitative estimate of drug-likeness (QED) is 0.800. The molecule has 1 heterocycles. The molecule has 0 aliphatic carbocycles. The van der Waals surface area contributed by atoms with Crippen LogP contribution in [-0.2, 0) is 4.74 Å². The van der Waals surface area contributed by atoms with Crippen molar-refractivity contribution < 1.29 is 14.6 Å². The molecule has 1 aliphatic rings. The van der Waals surface area contributed by atoms with Gasteiger partial charge in [-0.05, 0) is 46.1 Å². The Hall–Kier alpha value is -0.740. The maximum absolute atomic E-state index is 11.8. The number of carbonyl (C=O) groups excluding carboxylic acids is 1. The number of nitrogens with zero attached hydrogens (tertiary/aromatic N) is 1. The third kappa shape index (κ3) is 4.50. The van der Waals surface area contributed by atoms with Gasteiger partial charge < -0.3 is 14.7 Å². The van der Waals surface area contributed by atoms with E-state index >= 15 is 0 Å². The van der Waals surface area contributed by atoms with Crippen LogP contribution in [0, 0.1) is 0 Å². The monoisotopic (exact) mass is 275 g/mol. The SMILES string of the molecule is CC(O)C(Cl)=C1CCN(C(=O)OC(C)(C)C)CC1. The molecular formula is C13H22ClNO3. The van der Waals surface area contributed by atoms with E-state index in [4.69, 9.17) is 16.3 Å². The lowest BCUT2D eigenvalue weighted by molar-refractivity contribution is 0.0236. The molecule has 0 saturated carbocycles. The van der Waals surface area contributed by atoms with E-state index in [9.17, 15) is 9.90 Å². The number of hydrogen-bond donors (Lipinski definition) is 1. The highest BCUT2D eigenvalue weighted by molar-refractivity contribution is 6.30. The molecule has 0 spiro atoms. The number of piperidine rings is 1. The number of likely N-dealkylation sites (tertiary alicyclic amines) is 1. The van der Waals surface area contributed by atoms with Crippen LogP contribution in [0.4, 0.5) is 4.79 Å². The minimum Gasteiger partial charge on any atom is -0.444 e. The number of aliphatic hydroxyl groups excluding tert-OH is 1. The Balaban J connectivity index is 2.54. The van der Waals surface area contributed by atoms with Gasteiger partial charge in [-0.2, -0.15) is 0 Å². The molecule has 4 nitrogen and oxygen atoms in total. The first-order valence-electron chi connectivity index (χ1n) is 6.24. The van der Waals surface area contributed by atoms with Crippen molar-refractivity contribution in [2.75, 3.05) is 13.1 Å². The van der Waals surface area contributed by atoms with Crippen LogP contribution >= 0.6 is 11.6 Å². The van der Waals surface area contributed by atoms with E-state index in [-0.39, 0.29) is 6.09 Å². The van der Waals surface area contributed by atoms with E-state index in [2.05, 4.69) is 0 Å². The van der Waals surface area contributed by atoms with Gasteiger partial charge in [-0.1, -0.05) is 11.6 Å². The average Bonchev–Trinajstić information content (AvgIpc) is 2.26. The summed E-state index contributed by atoms with van der Waals surface area (Å²) >= 11 is 6.02. The Bertz CT molecular complexity index is 335. The summed E-state index contributed by atoms with van der Waals surface area (Å²) in [6.07, 6.45) is 0.482. The number of rotatable bonds is 1. The Morgan fingerprint density at radius 2 is 1.89 bits per heavy atom. The second-order valence-electron chi connectivity index (χ2n) is 5.59. The first kappa shape index (κ1) is 15.3. The maximum Gasteiger partial charge on any atom is 0.410 e. The average molecular weight is 276 g/mol. The summed E-state index contributed by atoms with van der Waals surface area (Å²) in [5.41, 5.74) is 0.566. The largest absolute Gasteiger partial charge is 0.444 e. The molecule has 1 rings (SSSR count). The third-order valence-electron chi connectivity index (χ3n) is 2.72. The number of amides is 1. The van der Waals surface area contributed by atoms with Gasteiger partial charge in [0.2, 0.25) is 0 Å². The van der Waals surface area contributed by atoms with Crippen LogP contribution in [0.5, 0.6) is 0 Å². The molecule has 1 N–H and O–H groups in total. The van der Waals surface area contributed by atoms with E-state index in [1.165, 1.54) is 0 Å². The van der Waals surface area contributed by atoms with Crippen LogP contribution in [0.1, 0.15) is 40.5 Å². The second kappa shape index (κ2) is 5.93. The molecule has 1 aliphatic heterocycles. The van der Waals surface area contributed by atoms with Crippen molar-refractivity contribution >= 4 is 17.7 Å². The highest BCUT2D eigenvalue weighted by Gasteiger charge is 2.25. The van der Waals surface area contributed by atoms with E-state index in [0.29, 0.717) is 31.0 Å². The fourth-order valence-corrected chi connectivity index (χ4v) is 2.01. The Morgan fingerprint density at radius 1 is 1.39 bits per heavy atom. The molecule has 0 bridgehead atoms. The summed E-state index contributed by atoms with van der Waals surface area (Å²) in [6, 6.07) is 0. The standard InChI is InChI=1S/C13H22ClNO3/c1-9(16)11(14)10-5-7-15(8-6-10)12(17)18-13(2,3)4/h9,16H,5-8H2,1-4H3. The first-order valence-corrected chi connectivity index (χ1v) is 6.62. The molecule has 1 amide bonds. The number of ether oxygens (including phenoxy) is 1. The minimum absolute atomic E-state index is 0.283. The highest BCUT2D eigenvalue weighted by Crippen LogP contribution is 2.25. The van der Waals surface area contributed by atoms with E-state index in [1.54, 1.807) is 11.8 Å². The molecule has 1 unspecified atom stereocenters. The van der Waals surface area contributed by atoms with Crippen LogP contribution in [0.25, 0.3) is 0 Å². The second-order valence-corrected chi connectivity index (χ2v) is 6.00. The topological polar surface area (TPSA) is 49.8 Å². The van der Waals surface area contributed by atoms with Gasteiger partial charge in [0.25, 0.3) is 0 Å². The van der Waals surface area contributed by atoms with Gasteiger partial charge in [-0.25, -0.2) is 4.79 Å². The molecule has 18 heavy (non-hydrogen) atoms. The van der Waals surface area contributed by atoms with Crippen LogP contribution in [0.3, 0.4) is 0 Å². The highest BCUT2D eigenvalue weighted by atomic mass is 35.5. The fraction of sp³-hybridized carbons (Fsp3) is 0.769. The van der Waals surface area contributed by atoms with Gasteiger partial charge in [-0.15, -0.1) is 0 Å². The molecule has 1 atom stereocenters. The Labute approximate surface area is 114 Å². The molecule has 1 saturated heterocycles. The van der Waals surface area contributed by atoms with Crippen molar-refractivity contribution in [3.63, 3.8) is 0 Å². The normalized spacial score (nSPS) is 18.6. The molecule has 0 aromatic rings. The molecule has 104 valence electrons. The molecule has 1 fully saturated rings. The van der Waals surface area contributed by atoms with Crippen LogP contribution in [0.15, 0.2) is 10.6 Å². The van der Waals surface area contributed by atoms with E-state index < -0.39 is 11.7 Å². The van der Waals surface area contributed by atoms with Gasteiger partial charge in [-0.3, -0.25) is 0 Å². The number of carbonyl (C=O) groups is 1. The van der Waals surface area contributed by atoms with Gasteiger partial charge in [0.05, 0.1) is 6.10 Å². The first-order chi connectivity index (χ1) is 8.20. The minimum atomic E-state index is -0.630. The van der Waals surface area contributed by atoms with Crippen molar-refractivity contribution in [2.45, 2.75) is 52.2 Å². The summed E-state index contributed by atoms with van der Waals surface area (Å²) < 4.78 is 5.31. The summed E-state index contributed by atoms with van der Waals surface area (Å²) in [7, 11) is 0.